The van der Waals surface area contributed by atoms with E-state index >= 15 is 0 Å². The van der Waals surface area contributed by atoms with Crippen LogP contribution >= 0.6 is 11.3 Å². The van der Waals surface area contributed by atoms with Crippen molar-refractivity contribution in [3.63, 3.8) is 0 Å². The van der Waals surface area contributed by atoms with Gasteiger partial charge in [-0.1, -0.05) is 6.92 Å². The van der Waals surface area contributed by atoms with Crippen molar-refractivity contribution in [1.29, 1.82) is 0 Å². The number of anilines is 1. The summed E-state index contributed by atoms with van der Waals surface area (Å²) in [4.78, 5) is 31.7. The molecule has 0 N–H and O–H groups in total. The van der Waals surface area contributed by atoms with Gasteiger partial charge in [-0.05, 0) is 42.0 Å². The summed E-state index contributed by atoms with van der Waals surface area (Å²) in [6.07, 6.45) is 1.77. The molecule has 0 spiro atoms. The number of amides is 1. The van der Waals surface area contributed by atoms with E-state index in [1.165, 1.54) is 10.4 Å². The van der Waals surface area contributed by atoms with E-state index in [1.807, 2.05) is 17.0 Å². The number of hydrogen-bond acceptors (Lipinski definition) is 6. The van der Waals surface area contributed by atoms with E-state index in [2.05, 4.69) is 28.2 Å². The number of thiophene rings is 1. The Morgan fingerprint density at radius 1 is 1.14 bits per heavy atom. The first-order chi connectivity index (χ1) is 14.1. The van der Waals surface area contributed by atoms with Crippen molar-refractivity contribution in [3.8, 4) is 0 Å². The highest BCUT2D eigenvalue weighted by Gasteiger charge is 2.32. The van der Waals surface area contributed by atoms with E-state index in [0.29, 0.717) is 0 Å². The minimum atomic E-state index is -0.376. The second-order valence-corrected chi connectivity index (χ2v) is 8.60. The predicted molar refractivity (Wildman–Crippen MR) is 114 cm³/mol. The number of piperazine rings is 1. The monoisotopic (exact) mass is 414 g/mol. The maximum atomic E-state index is 13.2. The fraction of sp³-hybridized carbons (Fsp3) is 0.476. The van der Waals surface area contributed by atoms with Crippen molar-refractivity contribution in [2.45, 2.75) is 32.4 Å². The third-order valence-electron chi connectivity index (χ3n) is 5.97. The van der Waals surface area contributed by atoms with Crippen molar-refractivity contribution in [2.75, 3.05) is 37.6 Å². The van der Waals surface area contributed by atoms with Crippen LogP contribution in [0.2, 0.25) is 0 Å². The summed E-state index contributed by atoms with van der Waals surface area (Å²) in [6.45, 7) is 6.90. The fourth-order valence-electron chi connectivity index (χ4n) is 4.31. The van der Waals surface area contributed by atoms with Crippen LogP contribution in [0.3, 0.4) is 0 Å². The number of non-ortho nitro benzene ring substituents is 1. The zero-order valence-electron chi connectivity index (χ0n) is 16.6. The molecule has 1 unspecified atom stereocenters. The number of carbonyl (C=O) groups excluding carboxylic acids is 1. The lowest BCUT2D eigenvalue weighted by molar-refractivity contribution is -0.384. The van der Waals surface area contributed by atoms with Gasteiger partial charge in [0.25, 0.3) is 5.69 Å². The molecule has 3 heterocycles. The first kappa shape index (κ1) is 19.8. The summed E-state index contributed by atoms with van der Waals surface area (Å²) in [5.74, 6) is 0.244. The van der Waals surface area contributed by atoms with Crippen molar-refractivity contribution < 1.29 is 9.72 Å². The summed E-state index contributed by atoms with van der Waals surface area (Å²) >= 11 is 1.79. The van der Waals surface area contributed by atoms with E-state index in [9.17, 15) is 14.9 Å². The molecule has 2 aromatic rings. The van der Waals surface area contributed by atoms with Crippen LogP contribution in [-0.4, -0.2) is 59.4 Å². The van der Waals surface area contributed by atoms with Gasteiger partial charge in [-0.2, -0.15) is 0 Å². The molecule has 2 aliphatic rings. The molecule has 4 rings (SSSR count). The molecule has 1 atom stereocenters. The number of benzene rings is 1. The molecule has 29 heavy (non-hydrogen) atoms. The molecule has 7 nitrogen and oxygen atoms in total. The van der Waals surface area contributed by atoms with Crippen molar-refractivity contribution in [3.05, 3.63) is 56.3 Å². The van der Waals surface area contributed by atoms with Gasteiger partial charge in [0.15, 0.2) is 0 Å². The number of nitro benzene ring substituents is 1. The largest absolute Gasteiger partial charge is 0.369 e. The summed E-state index contributed by atoms with van der Waals surface area (Å²) in [5.41, 5.74) is 2.41. The molecule has 1 aromatic heterocycles. The van der Waals surface area contributed by atoms with E-state index in [1.54, 1.807) is 23.5 Å². The normalized spacial score (nSPS) is 18.4. The van der Waals surface area contributed by atoms with Gasteiger partial charge in [-0.25, -0.2) is 0 Å². The molecule has 0 radical (unpaired) electrons. The Bertz CT molecular complexity index is 874. The van der Waals surface area contributed by atoms with Gasteiger partial charge in [0.1, 0.15) is 0 Å². The molecule has 154 valence electrons. The number of nitro groups is 1. The summed E-state index contributed by atoms with van der Waals surface area (Å²) in [6, 6.07) is 8.78. The van der Waals surface area contributed by atoms with E-state index < -0.39 is 0 Å². The third kappa shape index (κ3) is 4.13. The number of hydrogen-bond donors (Lipinski definition) is 0. The van der Waals surface area contributed by atoms with Crippen LogP contribution in [0, 0.1) is 10.1 Å². The van der Waals surface area contributed by atoms with Crippen molar-refractivity contribution >= 4 is 28.6 Å². The summed E-state index contributed by atoms with van der Waals surface area (Å²) < 4.78 is 0. The second-order valence-electron chi connectivity index (χ2n) is 7.60. The van der Waals surface area contributed by atoms with Gasteiger partial charge in [-0.15, -0.1) is 11.3 Å². The maximum absolute atomic E-state index is 13.2. The number of nitrogens with zero attached hydrogens (tertiary/aromatic N) is 4. The second kappa shape index (κ2) is 8.51. The predicted octanol–water partition coefficient (Wildman–Crippen LogP) is 3.14. The lowest BCUT2D eigenvalue weighted by Gasteiger charge is -2.41. The molecule has 2 aliphatic heterocycles. The highest BCUT2D eigenvalue weighted by Crippen LogP contribution is 2.26. The van der Waals surface area contributed by atoms with Gasteiger partial charge in [0.05, 0.1) is 11.0 Å². The molecule has 1 amide bonds. The minimum absolute atomic E-state index is 0.0748. The average Bonchev–Trinajstić information content (AvgIpc) is 3.22. The molecule has 8 heteroatoms. The Kier molecular flexibility index (Phi) is 5.82. The zero-order chi connectivity index (χ0) is 20.4. The highest BCUT2D eigenvalue weighted by molar-refractivity contribution is 7.10. The number of fused-ring (bicyclic) bond motifs is 1. The molecule has 0 aliphatic carbocycles. The van der Waals surface area contributed by atoms with Gasteiger partial charge < -0.3 is 9.80 Å². The standard InChI is InChI=1S/C21H26N4O3S/c1-2-19(21(26)24-9-7-20-16(15-24)8-14-29-20)23-12-10-22(11-13-23)17-3-5-18(6-4-17)25(27)28/h3-6,8,14,19H,2,7,9-13,15H2,1H3. The molecule has 0 bridgehead atoms. The van der Waals surface area contributed by atoms with Crippen LogP contribution in [0.4, 0.5) is 11.4 Å². The average molecular weight is 415 g/mol. The van der Waals surface area contributed by atoms with E-state index in [4.69, 9.17) is 0 Å². The lowest BCUT2D eigenvalue weighted by Crippen LogP contribution is -2.56. The Morgan fingerprint density at radius 3 is 2.52 bits per heavy atom. The zero-order valence-corrected chi connectivity index (χ0v) is 17.4. The third-order valence-corrected chi connectivity index (χ3v) is 6.99. The van der Waals surface area contributed by atoms with Gasteiger partial charge in [-0.3, -0.25) is 19.8 Å². The Labute approximate surface area is 174 Å². The van der Waals surface area contributed by atoms with Gasteiger partial charge in [0.2, 0.25) is 5.91 Å². The number of rotatable bonds is 5. The summed E-state index contributed by atoms with van der Waals surface area (Å²) in [5, 5.41) is 13.0. The first-order valence-corrected chi connectivity index (χ1v) is 11.0. The topological polar surface area (TPSA) is 69.9 Å². The SMILES string of the molecule is CCC(C(=O)N1CCc2sccc2C1)N1CCN(c2ccc([N+](=O)[O-])cc2)CC1. The molecular formula is C21H26N4O3S. The van der Waals surface area contributed by atoms with Gasteiger partial charge in [0, 0.05) is 62.0 Å². The fourth-order valence-corrected chi connectivity index (χ4v) is 5.20. The van der Waals surface area contributed by atoms with Crippen LogP contribution in [0.25, 0.3) is 0 Å². The van der Waals surface area contributed by atoms with E-state index in [-0.39, 0.29) is 22.6 Å². The van der Waals surface area contributed by atoms with Gasteiger partial charge >= 0.3 is 0 Å². The first-order valence-electron chi connectivity index (χ1n) is 10.1. The minimum Gasteiger partial charge on any atom is -0.369 e. The quantitative estimate of drug-likeness (QED) is 0.555. The van der Waals surface area contributed by atoms with Crippen LogP contribution in [0.5, 0.6) is 0 Å². The smallest absolute Gasteiger partial charge is 0.269 e. The van der Waals surface area contributed by atoms with Crippen LogP contribution in [0.15, 0.2) is 35.7 Å². The summed E-state index contributed by atoms with van der Waals surface area (Å²) in [7, 11) is 0. The highest BCUT2D eigenvalue weighted by atomic mass is 32.1. The Hall–Kier alpha value is -2.45. The molecule has 1 fully saturated rings. The molecular weight excluding hydrogens is 388 g/mol. The molecule has 1 saturated heterocycles. The van der Waals surface area contributed by atoms with Crippen molar-refractivity contribution in [2.24, 2.45) is 0 Å². The Morgan fingerprint density at radius 2 is 1.86 bits per heavy atom. The lowest BCUT2D eigenvalue weighted by atomic mass is 10.1. The van der Waals surface area contributed by atoms with E-state index in [0.717, 1.165) is 57.8 Å². The number of carbonyl (C=O) groups is 1. The molecule has 0 saturated carbocycles. The van der Waals surface area contributed by atoms with Crippen LogP contribution in [0.1, 0.15) is 23.8 Å². The Balaban J connectivity index is 1.36. The maximum Gasteiger partial charge on any atom is 0.269 e. The van der Waals surface area contributed by atoms with Crippen LogP contribution in [-0.2, 0) is 17.8 Å². The molecule has 1 aromatic carbocycles. The van der Waals surface area contributed by atoms with Crippen molar-refractivity contribution in [1.82, 2.24) is 9.80 Å². The van der Waals surface area contributed by atoms with Crippen LogP contribution < -0.4 is 4.90 Å².